The van der Waals surface area contributed by atoms with Crippen LogP contribution in [0.2, 0.25) is 0 Å². The molecule has 0 saturated heterocycles. The van der Waals surface area contributed by atoms with Crippen LogP contribution < -0.4 is 0 Å². The molecule has 0 saturated carbocycles. The zero-order valence-electron chi connectivity index (χ0n) is 16.1. The maximum absolute atomic E-state index is 13.1. The molecule has 1 N–H and O–H groups in total. The molecule has 1 unspecified atom stereocenters. The van der Waals surface area contributed by atoms with Gasteiger partial charge in [-0.15, -0.1) is 0 Å². The molecule has 0 fully saturated rings. The molecule has 0 radical (unpaired) electrons. The van der Waals surface area contributed by atoms with Crippen molar-refractivity contribution >= 4 is 9.84 Å². The van der Waals surface area contributed by atoms with Crippen LogP contribution >= 0.6 is 0 Å². The molecule has 11 heteroatoms. The van der Waals surface area contributed by atoms with Crippen LogP contribution in [0, 0.1) is 11.3 Å². The lowest BCUT2D eigenvalue weighted by Gasteiger charge is -2.32. The van der Waals surface area contributed by atoms with E-state index in [2.05, 4.69) is 0 Å². The summed E-state index contributed by atoms with van der Waals surface area (Å²) in [5, 5.41) is 9.47. The Morgan fingerprint density at radius 2 is 1.41 bits per heavy atom. The zero-order valence-corrected chi connectivity index (χ0v) is 16.9. The Balaban J connectivity index is 4.59. The minimum Gasteiger partial charge on any atom is -0.229 e. The highest BCUT2D eigenvalue weighted by Gasteiger charge is 2.52. The Morgan fingerprint density at radius 3 is 1.81 bits per heavy atom. The standard InChI is InChI=1S/C16H30F6NO3S/c1-14(2,16(20,21)22)12-13(15(17,18)19)8-5-6-10-27(25,26)11-7-9-23(3,4)24/h13,24H,5-12H2,1-4H3/q+1. The van der Waals surface area contributed by atoms with Crippen molar-refractivity contribution in [3.63, 3.8) is 0 Å². The van der Waals surface area contributed by atoms with Crippen LogP contribution in [-0.4, -0.2) is 62.8 Å². The predicted octanol–water partition coefficient (Wildman–Crippen LogP) is 4.58. The SMILES string of the molecule is CC(C)(CC(CCCCS(=O)(=O)CCC[N+](C)(C)O)C(F)(F)F)C(F)(F)F. The van der Waals surface area contributed by atoms with Gasteiger partial charge < -0.3 is 0 Å². The van der Waals surface area contributed by atoms with Crippen molar-refractivity contribution in [2.75, 3.05) is 32.1 Å². The first-order chi connectivity index (χ1) is 11.8. The van der Waals surface area contributed by atoms with E-state index in [1.807, 2.05) is 0 Å². The van der Waals surface area contributed by atoms with E-state index in [0.717, 1.165) is 13.8 Å². The van der Waals surface area contributed by atoms with Crippen molar-refractivity contribution in [2.24, 2.45) is 11.3 Å². The number of hydrogen-bond acceptors (Lipinski definition) is 3. The van der Waals surface area contributed by atoms with Gasteiger partial charge in [0.2, 0.25) is 0 Å². The van der Waals surface area contributed by atoms with Crippen LogP contribution in [0.1, 0.15) is 46.0 Å². The van der Waals surface area contributed by atoms with Crippen molar-refractivity contribution in [1.29, 1.82) is 0 Å². The Hall–Kier alpha value is -0.550. The van der Waals surface area contributed by atoms with E-state index in [1.54, 1.807) is 0 Å². The Bertz CT molecular complexity index is 550. The molecule has 1 atom stereocenters. The molecule has 0 aliphatic rings. The van der Waals surface area contributed by atoms with Crippen molar-refractivity contribution < 1.29 is 44.6 Å². The van der Waals surface area contributed by atoms with Crippen LogP contribution in [0.4, 0.5) is 26.3 Å². The number of hydrogen-bond donors (Lipinski definition) is 1. The zero-order chi connectivity index (χ0) is 21.7. The second kappa shape index (κ2) is 9.30. The second-order valence-electron chi connectivity index (χ2n) is 8.17. The van der Waals surface area contributed by atoms with Gasteiger partial charge in [-0.05, 0) is 19.3 Å². The first-order valence-corrected chi connectivity index (χ1v) is 10.5. The van der Waals surface area contributed by atoms with Gasteiger partial charge in [0.25, 0.3) is 0 Å². The molecule has 27 heavy (non-hydrogen) atoms. The maximum atomic E-state index is 13.1. The summed E-state index contributed by atoms with van der Waals surface area (Å²) in [5.41, 5.74) is -2.48. The minimum absolute atomic E-state index is 0.0429. The number of rotatable bonds is 11. The van der Waals surface area contributed by atoms with Gasteiger partial charge >= 0.3 is 12.4 Å². The maximum Gasteiger partial charge on any atom is 0.393 e. The van der Waals surface area contributed by atoms with Crippen LogP contribution in [0.3, 0.4) is 0 Å². The van der Waals surface area contributed by atoms with E-state index in [-0.39, 0.29) is 37.3 Å². The lowest BCUT2D eigenvalue weighted by molar-refractivity contribution is -1.07. The molecular weight excluding hydrogens is 400 g/mol. The fraction of sp³-hybridized carbons (Fsp3) is 1.00. The summed E-state index contributed by atoms with van der Waals surface area (Å²) in [6, 6.07) is 0. The van der Waals surface area contributed by atoms with Gasteiger partial charge in [0.15, 0.2) is 9.84 Å². The van der Waals surface area contributed by atoms with E-state index in [4.69, 9.17) is 0 Å². The highest BCUT2D eigenvalue weighted by Crippen LogP contribution is 2.46. The van der Waals surface area contributed by atoms with Crippen LogP contribution in [-0.2, 0) is 9.84 Å². The fourth-order valence-corrected chi connectivity index (χ4v) is 4.02. The smallest absolute Gasteiger partial charge is 0.229 e. The molecule has 0 heterocycles. The fourth-order valence-electron chi connectivity index (χ4n) is 2.60. The summed E-state index contributed by atoms with van der Waals surface area (Å²) >= 11 is 0. The number of nitrogens with zero attached hydrogens (tertiary/aromatic N) is 1. The molecule has 0 rings (SSSR count). The van der Waals surface area contributed by atoms with E-state index in [0.29, 0.717) is 0 Å². The number of sulfone groups is 1. The first-order valence-electron chi connectivity index (χ1n) is 8.66. The van der Waals surface area contributed by atoms with Crippen molar-refractivity contribution in [1.82, 2.24) is 0 Å². The quantitative estimate of drug-likeness (QED) is 0.226. The molecular formula is C16H30F6NO3S+. The Labute approximate surface area is 157 Å². The number of hydroxylamine groups is 3. The van der Waals surface area contributed by atoms with Gasteiger partial charge in [-0.25, -0.2) is 13.6 Å². The lowest BCUT2D eigenvalue weighted by atomic mass is 9.80. The monoisotopic (exact) mass is 430 g/mol. The second-order valence-corrected chi connectivity index (χ2v) is 10.5. The molecule has 0 bridgehead atoms. The van der Waals surface area contributed by atoms with Crippen LogP contribution in [0.15, 0.2) is 0 Å². The first kappa shape index (κ1) is 26.4. The van der Waals surface area contributed by atoms with Gasteiger partial charge in [-0.3, -0.25) is 0 Å². The third-order valence-electron chi connectivity index (χ3n) is 4.41. The number of halogens is 6. The van der Waals surface area contributed by atoms with Gasteiger partial charge in [-0.1, -0.05) is 20.3 Å². The molecule has 0 aliphatic carbocycles. The third-order valence-corrected chi connectivity index (χ3v) is 6.23. The molecule has 0 aliphatic heterocycles. The highest BCUT2D eigenvalue weighted by atomic mass is 32.2. The molecule has 164 valence electrons. The van der Waals surface area contributed by atoms with Crippen molar-refractivity contribution in [2.45, 2.75) is 58.3 Å². The summed E-state index contributed by atoms with van der Waals surface area (Å²) in [6.07, 6.45) is -11.1. The summed E-state index contributed by atoms with van der Waals surface area (Å²) in [5.74, 6) is -2.65. The van der Waals surface area contributed by atoms with E-state index < -0.39 is 51.0 Å². The highest BCUT2D eigenvalue weighted by molar-refractivity contribution is 7.91. The van der Waals surface area contributed by atoms with Gasteiger partial charge in [0.1, 0.15) is 6.54 Å². The normalized spacial score (nSPS) is 15.8. The topological polar surface area (TPSA) is 54.4 Å². The Kier molecular flexibility index (Phi) is 9.11. The molecule has 0 aromatic carbocycles. The molecule has 0 spiro atoms. The number of quaternary nitrogens is 1. The largest absolute Gasteiger partial charge is 0.393 e. The molecule has 0 amide bonds. The van der Waals surface area contributed by atoms with Crippen LogP contribution in [0.5, 0.6) is 0 Å². The van der Waals surface area contributed by atoms with E-state index in [1.165, 1.54) is 14.1 Å². The third kappa shape index (κ3) is 11.1. The number of unbranched alkanes of at least 4 members (excludes halogenated alkanes) is 1. The van der Waals surface area contributed by atoms with Gasteiger partial charge in [0, 0.05) is 6.42 Å². The minimum atomic E-state index is -4.77. The Morgan fingerprint density at radius 1 is 0.926 bits per heavy atom. The average Bonchev–Trinajstić information content (AvgIpc) is 2.37. The molecule has 4 nitrogen and oxygen atoms in total. The summed E-state index contributed by atoms with van der Waals surface area (Å²) in [7, 11) is -0.521. The predicted molar refractivity (Wildman–Crippen MR) is 89.9 cm³/mol. The van der Waals surface area contributed by atoms with Crippen LogP contribution in [0.25, 0.3) is 0 Å². The molecule has 0 aromatic heterocycles. The lowest BCUT2D eigenvalue weighted by Crippen LogP contribution is -2.38. The molecule has 0 aromatic rings. The van der Waals surface area contributed by atoms with E-state index >= 15 is 0 Å². The summed E-state index contributed by atoms with van der Waals surface area (Å²) in [4.78, 5) is 0. The average molecular weight is 430 g/mol. The van der Waals surface area contributed by atoms with E-state index in [9.17, 15) is 40.0 Å². The van der Waals surface area contributed by atoms with Crippen molar-refractivity contribution in [3.8, 4) is 0 Å². The van der Waals surface area contributed by atoms with Gasteiger partial charge in [-0.2, -0.15) is 31.0 Å². The van der Waals surface area contributed by atoms with Gasteiger partial charge in [0.05, 0.1) is 36.9 Å². The summed E-state index contributed by atoms with van der Waals surface area (Å²) in [6.45, 7) is 1.68. The number of alkyl halides is 6. The summed E-state index contributed by atoms with van der Waals surface area (Å²) < 4.78 is 101. The van der Waals surface area contributed by atoms with Crippen molar-refractivity contribution in [3.05, 3.63) is 0 Å².